The van der Waals surface area contributed by atoms with Crippen molar-refractivity contribution in [2.45, 2.75) is 64.0 Å². The number of sulfonamides is 1. The molecule has 0 spiro atoms. The number of rotatable bonds is 9. The van der Waals surface area contributed by atoms with E-state index in [0.717, 1.165) is 13.1 Å². The fraction of sp³-hybridized carbons (Fsp3) is 0.944. The smallest absolute Gasteiger partial charge is 0.357 e. The van der Waals surface area contributed by atoms with Gasteiger partial charge in [-0.3, -0.25) is 9.89 Å². The summed E-state index contributed by atoms with van der Waals surface area (Å²) in [4.78, 5) is 7.04. The molecule has 2 aliphatic rings. The van der Waals surface area contributed by atoms with Gasteiger partial charge in [0.05, 0.1) is 0 Å². The Kier molecular flexibility index (Phi) is 11.1. The average Bonchev–Trinajstić information content (AvgIpc) is 3.47. The maximum atomic E-state index is 12.7. The number of hydrogen-bond donors (Lipinski definition) is 2. The van der Waals surface area contributed by atoms with E-state index in [4.69, 9.17) is 0 Å². The van der Waals surface area contributed by atoms with Crippen LogP contribution in [-0.2, 0) is 10.0 Å². The van der Waals surface area contributed by atoms with E-state index < -0.39 is 15.5 Å². The summed E-state index contributed by atoms with van der Waals surface area (Å²) in [6.45, 7) is 9.02. The van der Waals surface area contributed by atoms with E-state index >= 15 is 0 Å². The summed E-state index contributed by atoms with van der Waals surface area (Å²) >= 11 is 0. The summed E-state index contributed by atoms with van der Waals surface area (Å²) in [5, 5.41) is 6.51. The summed E-state index contributed by atoms with van der Waals surface area (Å²) in [5.74, 6) is 0.765. The highest BCUT2D eigenvalue weighted by atomic mass is 127. The number of aliphatic imine (C=N–C) groups is 1. The number of nitrogens with one attached hydrogen (secondary N) is 2. The van der Waals surface area contributed by atoms with Gasteiger partial charge in [-0.15, -0.1) is 24.0 Å². The number of guanidine groups is 1. The van der Waals surface area contributed by atoms with Crippen molar-refractivity contribution in [1.29, 1.82) is 0 Å². The fourth-order valence-electron chi connectivity index (χ4n) is 3.61. The molecular formula is C18H35F3IN5O2S. The molecular weight excluding hydrogens is 534 g/mol. The largest absolute Gasteiger partial charge is 0.511 e. The Hall–Kier alpha value is -0.340. The highest BCUT2D eigenvalue weighted by molar-refractivity contribution is 14.0. The van der Waals surface area contributed by atoms with Gasteiger partial charge in [-0.1, -0.05) is 0 Å². The number of hydrogen-bond acceptors (Lipinski definition) is 4. The first-order valence-electron chi connectivity index (χ1n) is 10.4. The summed E-state index contributed by atoms with van der Waals surface area (Å²) in [6, 6.07) is 1.19. The molecule has 0 atom stereocenters. The van der Waals surface area contributed by atoms with Crippen molar-refractivity contribution in [3.63, 3.8) is 0 Å². The Morgan fingerprint density at radius 2 is 1.77 bits per heavy atom. The molecule has 1 saturated carbocycles. The van der Waals surface area contributed by atoms with Crippen LogP contribution in [-0.4, -0.2) is 80.4 Å². The standard InChI is InChI=1S/C18H34F3N5O2S.HI/c1-4-22-17(23-9-12-26(14(2)3)16-5-6-16)24-13-15-7-10-25(11-8-15)29(27,28)18(19,20)21;/h14-16H,4-13H2,1-3H3,(H2,22,23,24);1H. The lowest BCUT2D eigenvalue weighted by atomic mass is 9.98. The van der Waals surface area contributed by atoms with E-state index in [9.17, 15) is 21.6 Å². The zero-order valence-electron chi connectivity index (χ0n) is 17.9. The highest BCUT2D eigenvalue weighted by Gasteiger charge is 2.50. The molecule has 2 N–H and O–H groups in total. The molecule has 1 aliphatic carbocycles. The van der Waals surface area contributed by atoms with Gasteiger partial charge in [-0.05, 0) is 52.4 Å². The predicted molar refractivity (Wildman–Crippen MR) is 124 cm³/mol. The van der Waals surface area contributed by atoms with Crippen LogP contribution < -0.4 is 10.6 Å². The Bertz CT molecular complexity index is 647. The molecule has 178 valence electrons. The van der Waals surface area contributed by atoms with E-state index in [-0.39, 0.29) is 43.0 Å². The lowest BCUT2D eigenvalue weighted by Gasteiger charge is -2.31. The Balaban J connectivity index is 0.00000450. The maximum Gasteiger partial charge on any atom is 0.511 e. The molecule has 1 saturated heterocycles. The second kappa shape index (κ2) is 12.0. The zero-order chi connectivity index (χ0) is 21.7. The first-order chi connectivity index (χ1) is 13.6. The van der Waals surface area contributed by atoms with Crippen molar-refractivity contribution in [2.24, 2.45) is 10.9 Å². The molecule has 12 heteroatoms. The van der Waals surface area contributed by atoms with Gasteiger partial charge in [0.2, 0.25) is 0 Å². The van der Waals surface area contributed by atoms with Gasteiger partial charge in [0.25, 0.3) is 0 Å². The van der Waals surface area contributed by atoms with Gasteiger partial charge >= 0.3 is 15.5 Å². The van der Waals surface area contributed by atoms with Crippen molar-refractivity contribution in [1.82, 2.24) is 19.8 Å². The average molecular weight is 569 g/mol. The number of nitrogens with zero attached hydrogens (tertiary/aromatic N) is 3. The van der Waals surface area contributed by atoms with E-state index in [1.54, 1.807) is 0 Å². The Morgan fingerprint density at radius 1 is 1.17 bits per heavy atom. The molecule has 0 amide bonds. The third kappa shape index (κ3) is 7.97. The molecule has 2 fully saturated rings. The predicted octanol–water partition coefficient (Wildman–Crippen LogP) is 2.59. The van der Waals surface area contributed by atoms with Gasteiger partial charge in [-0.25, -0.2) is 8.42 Å². The van der Waals surface area contributed by atoms with Gasteiger partial charge in [-0.2, -0.15) is 17.5 Å². The molecule has 7 nitrogen and oxygen atoms in total. The lowest BCUT2D eigenvalue weighted by molar-refractivity contribution is -0.0496. The molecule has 2 rings (SSSR count). The number of alkyl halides is 3. The second-order valence-corrected chi connectivity index (χ2v) is 9.93. The van der Waals surface area contributed by atoms with Crippen LogP contribution in [0.4, 0.5) is 13.2 Å². The molecule has 1 aliphatic heterocycles. The van der Waals surface area contributed by atoms with Crippen LogP contribution in [0.25, 0.3) is 0 Å². The summed E-state index contributed by atoms with van der Waals surface area (Å²) < 4.78 is 61.5. The lowest BCUT2D eigenvalue weighted by Crippen LogP contribution is -2.46. The highest BCUT2D eigenvalue weighted by Crippen LogP contribution is 2.30. The second-order valence-electron chi connectivity index (χ2n) is 8.00. The van der Waals surface area contributed by atoms with Gasteiger partial charge in [0.1, 0.15) is 0 Å². The minimum atomic E-state index is -5.23. The maximum absolute atomic E-state index is 12.7. The summed E-state index contributed by atoms with van der Waals surface area (Å²) in [7, 11) is -5.22. The molecule has 0 bridgehead atoms. The summed E-state index contributed by atoms with van der Waals surface area (Å²) in [6.07, 6.45) is 3.27. The summed E-state index contributed by atoms with van der Waals surface area (Å²) in [5.41, 5.74) is -5.23. The van der Waals surface area contributed by atoms with E-state index in [2.05, 4.69) is 34.4 Å². The van der Waals surface area contributed by atoms with Crippen LogP contribution in [0.3, 0.4) is 0 Å². The minimum absolute atomic E-state index is 0. The van der Waals surface area contributed by atoms with Crippen LogP contribution in [0.2, 0.25) is 0 Å². The van der Waals surface area contributed by atoms with Crippen LogP contribution in [0, 0.1) is 5.92 Å². The molecule has 0 aromatic rings. The quantitative estimate of drug-likeness (QED) is 0.254. The van der Waals surface area contributed by atoms with Gasteiger partial charge in [0.15, 0.2) is 5.96 Å². The molecule has 0 radical (unpaired) electrons. The van der Waals surface area contributed by atoms with Crippen LogP contribution in [0.5, 0.6) is 0 Å². The first-order valence-corrected chi connectivity index (χ1v) is 11.8. The third-order valence-corrected chi connectivity index (χ3v) is 7.03. The normalized spacial score (nSPS) is 19.8. The number of piperidine rings is 1. The Labute approximate surface area is 195 Å². The van der Waals surface area contributed by atoms with E-state index in [0.29, 0.717) is 48.3 Å². The van der Waals surface area contributed by atoms with Crippen LogP contribution in [0.15, 0.2) is 4.99 Å². The number of halogens is 4. The van der Waals surface area contributed by atoms with E-state index in [1.165, 1.54) is 12.8 Å². The molecule has 1 heterocycles. The Morgan fingerprint density at radius 3 is 2.23 bits per heavy atom. The van der Waals surface area contributed by atoms with Crippen molar-refractivity contribution in [2.75, 3.05) is 39.3 Å². The van der Waals surface area contributed by atoms with Gasteiger partial charge in [0, 0.05) is 51.4 Å². The SMILES string of the molecule is CCNC(=NCC1CCN(S(=O)(=O)C(F)(F)F)CC1)NCCN(C(C)C)C1CC1.I. The van der Waals surface area contributed by atoms with E-state index in [1.807, 2.05) is 6.92 Å². The van der Waals surface area contributed by atoms with Gasteiger partial charge < -0.3 is 10.6 Å². The minimum Gasteiger partial charge on any atom is -0.357 e. The van der Waals surface area contributed by atoms with Crippen molar-refractivity contribution in [3.8, 4) is 0 Å². The van der Waals surface area contributed by atoms with Crippen molar-refractivity contribution >= 4 is 40.0 Å². The van der Waals surface area contributed by atoms with Crippen LogP contribution >= 0.6 is 24.0 Å². The molecule has 30 heavy (non-hydrogen) atoms. The fourth-order valence-corrected chi connectivity index (χ4v) is 4.60. The van der Waals surface area contributed by atoms with Crippen molar-refractivity contribution < 1.29 is 21.6 Å². The van der Waals surface area contributed by atoms with Crippen LogP contribution in [0.1, 0.15) is 46.5 Å². The topological polar surface area (TPSA) is 77.0 Å². The van der Waals surface area contributed by atoms with Crippen molar-refractivity contribution in [3.05, 3.63) is 0 Å². The first kappa shape index (κ1) is 27.7. The molecule has 0 aromatic carbocycles. The molecule has 0 aromatic heterocycles. The third-order valence-electron chi connectivity index (χ3n) is 5.40. The zero-order valence-corrected chi connectivity index (χ0v) is 21.1. The molecule has 0 unspecified atom stereocenters. The monoisotopic (exact) mass is 569 g/mol.